The molecule has 21 heavy (non-hydrogen) atoms. The fraction of sp³-hybridized carbons (Fsp3) is 0.429. The maximum Gasteiger partial charge on any atom is 0.320 e. The summed E-state index contributed by atoms with van der Waals surface area (Å²) in [5, 5.41) is 14.4. The molecule has 5 nitrogen and oxygen atoms in total. The van der Waals surface area contributed by atoms with E-state index in [4.69, 9.17) is 16.7 Å². The zero-order valence-corrected chi connectivity index (χ0v) is 12.4. The Labute approximate surface area is 127 Å². The molecule has 0 radical (unpaired) electrons. The third-order valence-electron chi connectivity index (χ3n) is 2.82. The van der Waals surface area contributed by atoms with E-state index in [2.05, 4.69) is 10.6 Å². The van der Waals surface area contributed by atoms with Crippen LogP contribution in [0.1, 0.15) is 26.2 Å². The molecule has 0 saturated carbocycles. The number of benzene rings is 1. The molecule has 1 aromatic rings. The van der Waals surface area contributed by atoms with E-state index in [0.717, 1.165) is 12.5 Å². The van der Waals surface area contributed by atoms with E-state index in [1.54, 1.807) is 0 Å². The van der Waals surface area contributed by atoms with Crippen LogP contribution in [-0.2, 0) is 9.59 Å². The highest BCUT2D eigenvalue weighted by Gasteiger charge is 2.15. The largest absolute Gasteiger partial charge is 0.480 e. The molecule has 0 saturated heterocycles. The molecule has 1 amide bonds. The van der Waals surface area contributed by atoms with Crippen LogP contribution in [-0.4, -0.2) is 29.6 Å². The second-order valence-corrected chi connectivity index (χ2v) is 4.99. The van der Waals surface area contributed by atoms with Gasteiger partial charge in [-0.2, -0.15) is 0 Å². The molecular weight excluding hydrogens is 299 g/mol. The minimum Gasteiger partial charge on any atom is -0.480 e. The number of hydrogen-bond donors (Lipinski definition) is 3. The first-order valence-corrected chi connectivity index (χ1v) is 7.03. The Morgan fingerprint density at radius 2 is 2.14 bits per heavy atom. The molecule has 0 fully saturated rings. The highest BCUT2D eigenvalue weighted by atomic mass is 35.5. The number of amides is 1. The summed E-state index contributed by atoms with van der Waals surface area (Å²) < 4.78 is 13.5. The smallest absolute Gasteiger partial charge is 0.320 e. The van der Waals surface area contributed by atoms with Gasteiger partial charge in [0.1, 0.15) is 11.9 Å². The lowest BCUT2D eigenvalue weighted by Crippen LogP contribution is -2.38. The van der Waals surface area contributed by atoms with Crippen molar-refractivity contribution in [3.05, 3.63) is 29.0 Å². The van der Waals surface area contributed by atoms with Crippen molar-refractivity contribution in [1.82, 2.24) is 5.32 Å². The molecule has 1 unspecified atom stereocenters. The van der Waals surface area contributed by atoms with Crippen molar-refractivity contribution in [1.29, 1.82) is 0 Å². The highest BCUT2D eigenvalue weighted by Crippen LogP contribution is 2.18. The molecule has 0 spiro atoms. The first-order valence-electron chi connectivity index (χ1n) is 6.65. The highest BCUT2D eigenvalue weighted by molar-refractivity contribution is 6.30. The van der Waals surface area contributed by atoms with E-state index in [0.29, 0.717) is 6.42 Å². The molecule has 116 valence electrons. The van der Waals surface area contributed by atoms with Gasteiger partial charge in [-0.1, -0.05) is 24.9 Å². The van der Waals surface area contributed by atoms with Crippen molar-refractivity contribution in [3.63, 3.8) is 0 Å². The van der Waals surface area contributed by atoms with Crippen LogP contribution in [0.5, 0.6) is 0 Å². The fourth-order valence-corrected chi connectivity index (χ4v) is 1.92. The van der Waals surface area contributed by atoms with Gasteiger partial charge < -0.3 is 15.7 Å². The van der Waals surface area contributed by atoms with Gasteiger partial charge in [-0.15, -0.1) is 0 Å². The molecule has 0 aromatic heterocycles. The molecular formula is C14H18ClFN2O3. The number of carbonyl (C=O) groups is 2. The van der Waals surface area contributed by atoms with Crippen LogP contribution in [0.15, 0.2) is 18.2 Å². The minimum atomic E-state index is -0.944. The van der Waals surface area contributed by atoms with Crippen molar-refractivity contribution in [2.75, 3.05) is 11.9 Å². The number of anilines is 1. The van der Waals surface area contributed by atoms with E-state index in [-0.39, 0.29) is 23.7 Å². The van der Waals surface area contributed by atoms with Gasteiger partial charge in [-0.05, 0) is 24.6 Å². The lowest BCUT2D eigenvalue weighted by molar-refractivity contribution is -0.139. The summed E-state index contributed by atoms with van der Waals surface area (Å²) in [5.41, 5.74) is 0.0488. The van der Waals surface area contributed by atoms with Gasteiger partial charge in [0, 0.05) is 18.0 Å². The van der Waals surface area contributed by atoms with Crippen LogP contribution in [0, 0.1) is 5.82 Å². The van der Waals surface area contributed by atoms with Crippen molar-refractivity contribution in [2.24, 2.45) is 0 Å². The van der Waals surface area contributed by atoms with E-state index < -0.39 is 23.7 Å². The number of hydrogen-bond acceptors (Lipinski definition) is 3. The first kappa shape index (κ1) is 17.4. The van der Waals surface area contributed by atoms with Gasteiger partial charge in [-0.3, -0.25) is 9.59 Å². The molecule has 1 rings (SSSR count). The van der Waals surface area contributed by atoms with Gasteiger partial charge in [0.25, 0.3) is 0 Å². The van der Waals surface area contributed by atoms with E-state index in [1.807, 2.05) is 6.92 Å². The molecule has 1 atom stereocenters. The predicted octanol–water partition coefficient (Wildman–Crippen LogP) is 2.65. The number of carboxylic acids is 1. The number of rotatable bonds is 8. The lowest BCUT2D eigenvalue weighted by atomic mass is 10.1. The van der Waals surface area contributed by atoms with Gasteiger partial charge in [0.05, 0.1) is 5.69 Å². The van der Waals surface area contributed by atoms with Crippen LogP contribution < -0.4 is 10.6 Å². The quantitative estimate of drug-likeness (QED) is 0.689. The van der Waals surface area contributed by atoms with Crippen molar-refractivity contribution in [3.8, 4) is 0 Å². The fourth-order valence-electron chi connectivity index (χ4n) is 1.77. The van der Waals surface area contributed by atoms with Gasteiger partial charge in [0.2, 0.25) is 5.91 Å². The van der Waals surface area contributed by atoms with Crippen LogP contribution >= 0.6 is 11.6 Å². The van der Waals surface area contributed by atoms with Gasteiger partial charge >= 0.3 is 5.97 Å². The third-order valence-corrected chi connectivity index (χ3v) is 3.06. The van der Waals surface area contributed by atoms with Crippen molar-refractivity contribution in [2.45, 2.75) is 32.2 Å². The van der Waals surface area contributed by atoms with Crippen LogP contribution in [0.3, 0.4) is 0 Å². The summed E-state index contributed by atoms with van der Waals surface area (Å²) >= 11 is 5.61. The molecule has 0 aliphatic carbocycles. The zero-order chi connectivity index (χ0) is 15.8. The first-order chi connectivity index (χ1) is 9.93. The summed E-state index contributed by atoms with van der Waals surface area (Å²) in [6, 6.07) is 3.28. The Morgan fingerprint density at radius 3 is 2.71 bits per heavy atom. The maximum absolute atomic E-state index is 13.5. The molecule has 7 heteroatoms. The molecule has 3 N–H and O–H groups in total. The number of nitrogens with one attached hydrogen (secondary N) is 2. The van der Waals surface area contributed by atoms with Gasteiger partial charge in [0.15, 0.2) is 0 Å². The Kier molecular flexibility index (Phi) is 7.11. The lowest BCUT2D eigenvalue weighted by Gasteiger charge is -2.13. The van der Waals surface area contributed by atoms with E-state index >= 15 is 0 Å². The Morgan fingerprint density at radius 1 is 1.43 bits per heavy atom. The normalized spacial score (nSPS) is 12.0. The number of carboxylic acid groups (broad SMARTS) is 1. The maximum atomic E-state index is 13.5. The average Bonchev–Trinajstić information content (AvgIpc) is 2.41. The van der Waals surface area contributed by atoms with E-state index in [1.165, 1.54) is 12.1 Å². The molecule has 1 aromatic carbocycles. The standard InChI is InChI=1S/C14H18ClFN2O3/c1-2-3-12(14(20)21)17-7-6-13(19)18-11-5-4-9(15)8-10(11)16/h4-5,8,12,17H,2-3,6-7H2,1H3,(H,18,19)(H,20,21). The monoisotopic (exact) mass is 316 g/mol. The summed E-state index contributed by atoms with van der Waals surface area (Å²) in [6.45, 7) is 2.09. The van der Waals surface area contributed by atoms with Crippen molar-refractivity contribution >= 4 is 29.2 Å². The minimum absolute atomic E-state index is 0.0488. The topological polar surface area (TPSA) is 78.4 Å². The number of halogens is 2. The molecule has 0 aliphatic rings. The van der Waals surface area contributed by atoms with Crippen LogP contribution in [0.2, 0.25) is 5.02 Å². The van der Waals surface area contributed by atoms with Crippen molar-refractivity contribution < 1.29 is 19.1 Å². The Balaban J connectivity index is 2.42. The summed E-state index contributed by atoms with van der Waals surface area (Å²) in [5.74, 6) is -1.96. The molecule has 0 heterocycles. The van der Waals surface area contributed by atoms with Crippen LogP contribution in [0.25, 0.3) is 0 Å². The predicted molar refractivity (Wildman–Crippen MR) is 79.0 cm³/mol. The van der Waals surface area contributed by atoms with Gasteiger partial charge in [-0.25, -0.2) is 4.39 Å². The summed E-state index contributed by atoms with van der Waals surface area (Å²) in [7, 11) is 0. The SMILES string of the molecule is CCCC(NCCC(=O)Nc1ccc(Cl)cc1F)C(=O)O. The number of aliphatic carboxylic acids is 1. The Hall–Kier alpha value is -1.66. The summed E-state index contributed by atoms with van der Waals surface area (Å²) in [4.78, 5) is 22.6. The number of carbonyl (C=O) groups excluding carboxylic acids is 1. The average molecular weight is 317 g/mol. The zero-order valence-electron chi connectivity index (χ0n) is 11.7. The Bertz CT molecular complexity index is 511. The second kappa shape index (κ2) is 8.59. The third kappa shape index (κ3) is 6.10. The molecule has 0 aliphatic heterocycles. The second-order valence-electron chi connectivity index (χ2n) is 4.56. The molecule has 0 bridgehead atoms. The van der Waals surface area contributed by atoms with E-state index in [9.17, 15) is 14.0 Å². The summed E-state index contributed by atoms with van der Waals surface area (Å²) in [6.07, 6.45) is 1.27. The van der Waals surface area contributed by atoms with Crippen LogP contribution in [0.4, 0.5) is 10.1 Å².